The van der Waals surface area contributed by atoms with Gasteiger partial charge in [-0.15, -0.1) is 0 Å². The summed E-state index contributed by atoms with van der Waals surface area (Å²) >= 11 is 0. The van der Waals surface area contributed by atoms with Gasteiger partial charge in [-0.1, -0.05) is 13.8 Å². The number of nitrogen functional groups attached to an aromatic ring is 1. The number of nitrogens with two attached hydrogens (primary N) is 1. The number of hydrogen-bond donors (Lipinski definition) is 2. The average Bonchev–Trinajstić information content (AvgIpc) is 2.37. The van der Waals surface area contributed by atoms with E-state index in [1.165, 1.54) is 0 Å². The number of anilines is 1. The minimum absolute atomic E-state index is 0.111. The van der Waals surface area contributed by atoms with Gasteiger partial charge in [-0.05, 0) is 43.5 Å². The van der Waals surface area contributed by atoms with Crippen LogP contribution in [0.4, 0.5) is 5.69 Å². The summed E-state index contributed by atoms with van der Waals surface area (Å²) in [6.45, 7) is 7.73. The smallest absolute Gasteiger partial charge is 0.254 e. The van der Waals surface area contributed by atoms with Crippen molar-refractivity contribution in [1.29, 1.82) is 0 Å². The Hall–Kier alpha value is -1.55. The van der Waals surface area contributed by atoms with E-state index in [0.717, 1.165) is 42.7 Å². The van der Waals surface area contributed by atoms with Crippen LogP contribution in [0.5, 0.6) is 0 Å². The minimum Gasteiger partial charge on any atom is -0.339 e. The van der Waals surface area contributed by atoms with Crippen LogP contribution in [0.2, 0.25) is 0 Å². The lowest BCUT2D eigenvalue weighted by atomic mass is 10.1. The molecule has 0 heterocycles. The summed E-state index contributed by atoms with van der Waals surface area (Å²) < 4.78 is 0. The first-order valence-electron chi connectivity index (χ1n) is 6.50. The minimum atomic E-state index is 0.111. The van der Waals surface area contributed by atoms with Crippen molar-refractivity contribution in [2.24, 2.45) is 5.84 Å². The van der Waals surface area contributed by atoms with E-state index >= 15 is 0 Å². The molecule has 0 atom stereocenters. The Labute approximate surface area is 109 Å². The highest BCUT2D eigenvalue weighted by Crippen LogP contribution is 2.16. The summed E-state index contributed by atoms with van der Waals surface area (Å²) in [5.41, 5.74) is 5.12. The largest absolute Gasteiger partial charge is 0.339 e. The fourth-order valence-electron chi connectivity index (χ4n) is 2.02. The fraction of sp³-hybridized carbons (Fsp3) is 0.500. The van der Waals surface area contributed by atoms with Crippen LogP contribution in [0.25, 0.3) is 0 Å². The summed E-state index contributed by atoms with van der Waals surface area (Å²) in [6.07, 6.45) is 1.96. The van der Waals surface area contributed by atoms with Gasteiger partial charge in [-0.3, -0.25) is 10.6 Å². The molecule has 0 saturated heterocycles. The maximum Gasteiger partial charge on any atom is 0.254 e. The number of amides is 1. The number of carbonyl (C=O) groups excluding carboxylic acids is 1. The normalized spacial score (nSPS) is 10.2. The Morgan fingerprint density at radius 3 is 2.33 bits per heavy atom. The molecule has 1 rings (SSSR count). The zero-order valence-corrected chi connectivity index (χ0v) is 11.5. The third-order valence-electron chi connectivity index (χ3n) is 2.90. The Bertz CT molecular complexity index is 398. The molecule has 0 aliphatic heterocycles. The van der Waals surface area contributed by atoms with Crippen molar-refractivity contribution in [2.75, 3.05) is 18.5 Å². The standard InChI is InChI=1S/C14H23N3O/c1-4-8-17(9-5-2)14(18)13-7-6-12(16-15)10-11(13)3/h6-7,10,16H,4-5,8-9,15H2,1-3H3. The molecule has 100 valence electrons. The van der Waals surface area contributed by atoms with Crippen LogP contribution in [0, 0.1) is 6.92 Å². The number of carbonyl (C=O) groups is 1. The predicted molar refractivity (Wildman–Crippen MR) is 75.5 cm³/mol. The van der Waals surface area contributed by atoms with Crippen molar-refractivity contribution in [3.05, 3.63) is 29.3 Å². The lowest BCUT2D eigenvalue weighted by Crippen LogP contribution is -2.33. The third kappa shape index (κ3) is 3.47. The highest BCUT2D eigenvalue weighted by Gasteiger charge is 2.16. The van der Waals surface area contributed by atoms with E-state index < -0.39 is 0 Å². The number of hydrazine groups is 1. The second-order valence-corrected chi connectivity index (χ2v) is 4.47. The topological polar surface area (TPSA) is 58.4 Å². The van der Waals surface area contributed by atoms with Crippen molar-refractivity contribution in [3.63, 3.8) is 0 Å². The van der Waals surface area contributed by atoms with Gasteiger partial charge in [-0.25, -0.2) is 0 Å². The van der Waals surface area contributed by atoms with E-state index in [0.29, 0.717) is 0 Å². The average molecular weight is 249 g/mol. The number of hydrogen-bond acceptors (Lipinski definition) is 3. The maximum absolute atomic E-state index is 12.4. The number of nitrogens with zero attached hydrogens (tertiary/aromatic N) is 1. The summed E-state index contributed by atoms with van der Waals surface area (Å²) in [7, 11) is 0. The highest BCUT2D eigenvalue weighted by molar-refractivity contribution is 5.96. The van der Waals surface area contributed by atoms with Crippen LogP contribution in [-0.4, -0.2) is 23.9 Å². The van der Waals surface area contributed by atoms with Crippen LogP contribution >= 0.6 is 0 Å². The summed E-state index contributed by atoms with van der Waals surface area (Å²) in [5, 5.41) is 0. The van der Waals surface area contributed by atoms with Gasteiger partial charge in [0.2, 0.25) is 0 Å². The quantitative estimate of drug-likeness (QED) is 0.601. The van der Waals surface area contributed by atoms with E-state index in [1.54, 1.807) is 0 Å². The van der Waals surface area contributed by atoms with Gasteiger partial charge >= 0.3 is 0 Å². The van der Waals surface area contributed by atoms with Crippen molar-refractivity contribution in [1.82, 2.24) is 4.90 Å². The lowest BCUT2D eigenvalue weighted by Gasteiger charge is -2.22. The molecule has 1 aromatic carbocycles. The van der Waals surface area contributed by atoms with Gasteiger partial charge in [0.15, 0.2) is 0 Å². The van der Waals surface area contributed by atoms with Gasteiger partial charge in [-0.2, -0.15) is 0 Å². The molecule has 4 heteroatoms. The highest BCUT2D eigenvalue weighted by atomic mass is 16.2. The molecule has 3 N–H and O–H groups in total. The lowest BCUT2D eigenvalue weighted by molar-refractivity contribution is 0.0755. The molecule has 4 nitrogen and oxygen atoms in total. The van der Waals surface area contributed by atoms with Gasteiger partial charge in [0.1, 0.15) is 0 Å². The maximum atomic E-state index is 12.4. The van der Waals surface area contributed by atoms with Gasteiger partial charge in [0.05, 0.1) is 0 Å². The number of benzene rings is 1. The first-order chi connectivity index (χ1) is 8.63. The predicted octanol–water partition coefficient (Wildman–Crippen LogP) is 2.54. The Morgan fingerprint density at radius 2 is 1.89 bits per heavy atom. The second kappa shape index (κ2) is 7.01. The molecule has 0 spiro atoms. The third-order valence-corrected chi connectivity index (χ3v) is 2.90. The van der Waals surface area contributed by atoms with Crippen molar-refractivity contribution in [2.45, 2.75) is 33.6 Å². The van der Waals surface area contributed by atoms with Crippen LogP contribution in [-0.2, 0) is 0 Å². The summed E-state index contributed by atoms with van der Waals surface area (Å²) in [5.74, 6) is 5.47. The Balaban J connectivity index is 2.93. The second-order valence-electron chi connectivity index (χ2n) is 4.47. The molecule has 0 aliphatic carbocycles. The monoisotopic (exact) mass is 249 g/mol. The number of rotatable bonds is 6. The molecule has 0 radical (unpaired) electrons. The van der Waals surface area contributed by atoms with Gasteiger partial charge in [0.25, 0.3) is 5.91 Å². The first kappa shape index (κ1) is 14.5. The number of aryl methyl sites for hydroxylation is 1. The molecule has 0 aliphatic rings. The van der Waals surface area contributed by atoms with Crippen LogP contribution < -0.4 is 11.3 Å². The van der Waals surface area contributed by atoms with E-state index in [-0.39, 0.29) is 5.91 Å². The molecule has 0 unspecified atom stereocenters. The van der Waals surface area contributed by atoms with E-state index in [4.69, 9.17) is 5.84 Å². The van der Waals surface area contributed by atoms with Gasteiger partial charge in [0, 0.05) is 24.3 Å². The Kier molecular flexibility index (Phi) is 5.65. The molecular weight excluding hydrogens is 226 g/mol. The molecular formula is C14H23N3O. The molecule has 1 aromatic rings. The van der Waals surface area contributed by atoms with Crippen LogP contribution in [0.15, 0.2) is 18.2 Å². The first-order valence-corrected chi connectivity index (χ1v) is 6.50. The van der Waals surface area contributed by atoms with E-state index in [9.17, 15) is 4.79 Å². The zero-order chi connectivity index (χ0) is 13.5. The molecule has 0 aromatic heterocycles. The number of nitrogens with one attached hydrogen (secondary N) is 1. The summed E-state index contributed by atoms with van der Waals surface area (Å²) in [6, 6.07) is 5.56. The molecule has 0 bridgehead atoms. The van der Waals surface area contributed by atoms with Crippen molar-refractivity contribution in [3.8, 4) is 0 Å². The van der Waals surface area contributed by atoms with Gasteiger partial charge < -0.3 is 10.3 Å². The molecule has 0 saturated carbocycles. The zero-order valence-electron chi connectivity index (χ0n) is 11.5. The Morgan fingerprint density at radius 1 is 1.28 bits per heavy atom. The van der Waals surface area contributed by atoms with Crippen molar-refractivity contribution < 1.29 is 4.79 Å². The molecule has 0 fully saturated rings. The van der Waals surface area contributed by atoms with E-state index in [1.807, 2.05) is 30.0 Å². The van der Waals surface area contributed by atoms with E-state index in [2.05, 4.69) is 19.3 Å². The molecule has 18 heavy (non-hydrogen) atoms. The van der Waals surface area contributed by atoms with Crippen molar-refractivity contribution >= 4 is 11.6 Å². The SMILES string of the molecule is CCCN(CCC)C(=O)c1ccc(NN)cc1C. The fourth-order valence-corrected chi connectivity index (χ4v) is 2.02. The summed E-state index contributed by atoms with van der Waals surface area (Å²) in [4.78, 5) is 14.3. The molecule has 1 amide bonds. The van der Waals surface area contributed by atoms with Crippen LogP contribution in [0.1, 0.15) is 42.6 Å². The van der Waals surface area contributed by atoms with Crippen LogP contribution in [0.3, 0.4) is 0 Å².